The quantitative estimate of drug-likeness (QED) is 0.189. The summed E-state index contributed by atoms with van der Waals surface area (Å²) in [5, 5.41) is -0.262. The van der Waals surface area contributed by atoms with E-state index in [1.165, 1.54) is 13.2 Å². The second-order valence-corrected chi connectivity index (χ2v) is 9.68. The number of imide groups is 1. The van der Waals surface area contributed by atoms with Crippen LogP contribution in [0.25, 0.3) is 6.08 Å². The number of carbonyl (C=O) groups is 3. The average Bonchev–Trinajstić information content (AvgIpc) is 3.14. The van der Waals surface area contributed by atoms with Gasteiger partial charge in [0.25, 0.3) is 11.1 Å². The SMILES string of the molecule is COc1cc(/C=C2\SC(=O)N(CCOc3ccc(C)cc3)C2=O)cc(Cl)c1OC(=O)c1ccc(C)cc1. The Morgan fingerprint density at radius 3 is 2.30 bits per heavy atom. The molecule has 7 nitrogen and oxygen atoms in total. The van der Waals surface area contributed by atoms with Crippen LogP contribution < -0.4 is 14.2 Å². The van der Waals surface area contributed by atoms with Gasteiger partial charge in [0.1, 0.15) is 12.4 Å². The molecule has 1 fully saturated rings. The number of carbonyl (C=O) groups excluding carboxylic acids is 3. The van der Waals surface area contributed by atoms with E-state index in [0.717, 1.165) is 27.8 Å². The maximum atomic E-state index is 12.9. The molecule has 1 aliphatic rings. The lowest BCUT2D eigenvalue weighted by atomic mass is 10.1. The van der Waals surface area contributed by atoms with Gasteiger partial charge in [-0.25, -0.2) is 4.79 Å². The van der Waals surface area contributed by atoms with Crippen molar-refractivity contribution in [2.75, 3.05) is 20.3 Å². The minimum atomic E-state index is -0.582. The summed E-state index contributed by atoms with van der Waals surface area (Å²) in [5.74, 6) is -0.0643. The lowest BCUT2D eigenvalue weighted by Crippen LogP contribution is -2.32. The van der Waals surface area contributed by atoms with Gasteiger partial charge in [0, 0.05) is 0 Å². The second kappa shape index (κ2) is 11.5. The first-order chi connectivity index (χ1) is 17.7. The van der Waals surface area contributed by atoms with Gasteiger partial charge in [0.05, 0.1) is 29.1 Å². The molecule has 0 radical (unpaired) electrons. The summed E-state index contributed by atoms with van der Waals surface area (Å²) < 4.78 is 16.5. The maximum absolute atomic E-state index is 12.9. The fraction of sp³-hybridized carbons (Fsp3) is 0.179. The predicted octanol–water partition coefficient (Wildman–Crippen LogP) is 6.30. The van der Waals surface area contributed by atoms with Crippen molar-refractivity contribution in [1.29, 1.82) is 0 Å². The highest BCUT2D eigenvalue weighted by Gasteiger charge is 2.35. The van der Waals surface area contributed by atoms with Crippen molar-refractivity contribution in [2.45, 2.75) is 13.8 Å². The van der Waals surface area contributed by atoms with Crippen molar-refractivity contribution in [2.24, 2.45) is 0 Å². The van der Waals surface area contributed by atoms with Crippen molar-refractivity contribution in [1.82, 2.24) is 4.90 Å². The van der Waals surface area contributed by atoms with Crippen LogP contribution in [0.1, 0.15) is 27.0 Å². The molecule has 0 saturated carbocycles. The molecule has 190 valence electrons. The first-order valence-electron chi connectivity index (χ1n) is 11.4. The molecule has 1 heterocycles. The highest BCUT2D eigenvalue weighted by atomic mass is 35.5. The number of benzene rings is 3. The molecule has 9 heteroatoms. The third kappa shape index (κ3) is 6.34. The lowest BCUT2D eigenvalue weighted by Gasteiger charge is -2.13. The summed E-state index contributed by atoms with van der Waals surface area (Å²) in [6.07, 6.45) is 1.55. The minimum Gasteiger partial charge on any atom is -0.493 e. The van der Waals surface area contributed by atoms with Crippen molar-refractivity contribution < 1.29 is 28.6 Å². The van der Waals surface area contributed by atoms with Crippen molar-refractivity contribution in [3.8, 4) is 17.2 Å². The molecular weight excluding hydrogens is 514 g/mol. The van der Waals surface area contributed by atoms with Crippen LogP contribution >= 0.6 is 23.4 Å². The van der Waals surface area contributed by atoms with Crippen LogP contribution in [0, 0.1) is 13.8 Å². The van der Waals surface area contributed by atoms with Crippen LogP contribution in [0.15, 0.2) is 65.6 Å². The normalized spacial score (nSPS) is 14.3. The van der Waals surface area contributed by atoms with Crippen LogP contribution in [0.4, 0.5) is 4.79 Å². The fourth-order valence-corrected chi connectivity index (χ4v) is 4.62. The molecule has 2 amide bonds. The Morgan fingerprint density at radius 1 is 1.00 bits per heavy atom. The molecule has 0 aliphatic carbocycles. The Balaban J connectivity index is 1.46. The second-order valence-electron chi connectivity index (χ2n) is 8.28. The summed E-state index contributed by atoms with van der Waals surface area (Å²) in [6, 6.07) is 17.6. The van der Waals surface area contributed by atoms with Gasteiger partial charge in [-0.1, -0.05) is 47.0 Å². The minimum absolute atomic E-state index is 0.0632. The molecule has 0 spiro atoms. The number of halogens is 1. The molecule has 0 aromatic heterocycles. The van der Waals surface area contributed by atoms with E-state index in [-0.39, 0.29) is 39.8 Å². The molecule has 1 saturated heterocycles. The molecule has 1 aliphatic heterocycles. The van der Waals surface area contributed by atoms with Crippen molar-refractivity contribution in [3.05, 3.63) is 92.8 Å². The molecule has 0 atom stereocenters. The zero-order chi connectivity index (χ0) is 26.5. The van der Waals surface area contributed by atoms with Gasteiger partial charge in [0.15, 0.2) is 11.5 Å². The van der Waals surface area contributed by atoms with Gasteiger partial charge in [-0.05, 0) is 73.6 Å². The first kappa shape index (κ1) is 26.3. The van der Waals surface area contributed by atoms with E-state index in [0.29, 0.717) is 16.9 Å². The monoisotopic (exact) mass is 537 g/mol. The van der Waals surface area contributed by atoms with E-state index in [4.69, 9.17) is 25.8 Å². The smallest absolute Gasteiger partial charge is 0.343 e. The third-order valence-corrected chi connectivity index (χ3v) is 6.70. The van der Waals surface area contributed by atoms with Crippen molar-refractivity contribution >= 4 is 46.6 Å². The zero-order valence-corrected chi connectivity index (χ0v) is 22.0. The summed E-state index contributed by atoms with van der Waals surface area (Å²) >= 11 is 7.24. The molecule has 0 N–H and O–H groups in total. The molecule has 0 unspecified atom stereocenters. The van der Waals surface area contributed by atoms with E-state index >= 15 is 0 Å². The van der Waals surface area contributed by atoms with Crippen LogP contribution in [0.2, 0.25) is 5.02 Å². The zero-order valence-electron chi connectivity index (χ0n) is 20.4. The highest BCUT2D eigenvalue weighted by Crippen LogP contribution is 2.39. The first-order valence-corrected chi connectivity index (χ1v) is 12.6. The number of esters is 1. The van der Waals surface area contributed by atoms with E-state index in [9.17, 15) is 14.4 Å². The number of ether oxygens (including phenoxy) is 3. The van der Waals surface area contributed by atoms with Gasteiger partial charge in [-0.2, -0.15) is 0 Å². The Kier molecular flexibility index (Phi) is 8.21. The number of amides is 2. The van der Waals surface area contributed by atoms with Crippen LogP contribution in [0.3, 0.4) is 0 Å². The number of nitrogens with zero attached hydrogens (tertiary/aromatic N) is 1. The van der Waals surface area contributed by atoms with E-state index in [1.54, 1.807) is 36.4 Å². The third-order valence-electron chi connectivity index (χ3n) is 5.51. The number of rotatable bonds is 8. The Bertz CT molecular complexity index is 1370. The van der Waals surface area contributed by atoms with Crippen LogP contribution in [-0.2, 0) is 4.79 Å². The van der Waals surface area contributed by atoms with Gasteiger partial charge in [0.2, 0.25) is 0 Å². The van der Waals surface area contributed by atoms with E-state index in [1.807, 2.05) is 38.1 Å². The summed E-state index contributed by atoms with van der Waals surface area (Å²) in [4.78, 5) is 39.3. The topological polar surface area (TPSA) is 82.1 Å². The maximum Gasteiger partial charge on any atom is 0.343 e. The summed E-state index contributed by atoms with van der Waals surface area (Å²) in [5.41, 5.74) is 3.00. The Labute approximate surface area is 224 Å². The fourth-order valence-electron chi connectivity index (χ4n) is 3.50. The predicted molar refractivity (Wildman–Crippen MR) is 143 cm³/mol. The van der Waals surface area contributed by atoms with Gasteiger partial charge < -0.3 is 14.2 Å². The largest absolute Gasteiger partial charge is 0.493 e. The standard InChI is InChI=1S/C28H24ClNO6S/c1-17-4-8-20(9-5-17)27(32)36-25-22(29)14-19(15-23(25)34-3)16-24-26(31)30(28(33)37-24)12-13-35-21-10-6-18(2)7-11-21/h4-11,14-16H,12-13H2,1-3H3/b24-16-. The molecule has 3 aromatic carbocycles. The lowest BCUT2D eigenvalue weighted by molar-refractivity contribution is -0.123. The molecule has 4 rings (SSSR count). The van der Waals surface area contributed by atoms with E-state index in [2.05, 4.69) is 0 Å². The van der Waals surface area contributed by atoms with Crippen LogP contribution in [0.5, 0.6) is 17.2 Å². The Hall–Kier alpha value is -3.75. The van der Waals surface area contributed by atoms with Gasteiger partial charge >= 0.3 is 5.97 Å². The summed E-state index contributed by atoms with van der Waals surface area (Å²) in [7, 11) is 1.42. The highest BCUT2D eigenvalue weighted by molar-refractivity contribution is 8.18. The average molecular weight is 538 g/mol. The van der Waals surface area contributed by atoms with Gasteiger partial charge in [-0.15, -0.1) is 0 Å². The molecular formula is C28H24ClNO6S. The molecule has 37 heavy (non-hydrogen) atoms. The molecule has 0 bridgehead atoms. The number of aryl methyl sites for hydroxylation is 2. The van der Waals surface area contributed by atoms with Crippen LogP contribution in [-0.4, -0.2) is 42.3 Å². The van der Waals surface area contributed by atoms with Crippen molar-refractivity contribution in [3.63, 3.8) is 0 Å². The number of methoxy groups -OCH3 is 1. The number of hydrogen-bond donors (Lipinski definition) is 0. The van der Waals surface area contributed by atoms with Gasteiger partial charge in [-0.3, -0.25) is 14.5 Å². The summed E-state index contributed by atoms with van der Waals surface area (Å²) in [6.45, 7) is 4.19. The Morgan fingerprint density at radius 2 is 1.65 bits per heavy atom. The number of thioether (sulfide) groups is 1. The number of hydrogen-bond acceptors (Lipinski definition) is 7. The molecule has 3 aromatic rings. The van der Waals surface area contributed by atoms with E-state index < -0.39 is 11.9 Å².